The number of rotatable bonds is 6. The Balaban J connectivity index is 2.58. The minimum atomic E-state index is 0.241. The molecule has 0 radical (unpaired) electrons. The number of hydrogen-bond donors (Lipinski definition) is 0. The zero-order chi connectivity index (χ0) is 11.1. The van der Waals surface area contributed by atoms with Crippen molar-refractivity contribution >= 4 is 17.5 Å². The van der Waals surface area contributed by atoms with Gasteiger partial charge >= 0.3 is 0 Å². The molecule has 0 fully saturated rings. The number of hydrogen-bond acceptors (Lipinski definition) is 2. The fourth-order valence-corrected chi connectivity index (χ4v) is 2.62. The highest BCUT2D eigenvalue weighted by Gasteiger charge is 2.10. The van der Waals surface area contributed by atoms with Crippen molar-refractivity contribution in [3.8, 4) is 0 Å². The molecule has 1 aromatic carbocycles. The molecule has 0 saturated carbocycles. The van der Waals surface area contributed by atoms with Crippen LogP contribution in [0.25, 0.3) is 0 Å². The average molecular weight is 220 g/mol. The van der Waals surface area contributed by atoms with Gasteiger partial charge in [0.05, 0.1) is 0 Å². The van der Waals surface area contributed by atoms with Gasteiger partial charge in [-0.25, -0.2) is 0 Å². The second-order valence-electron chi connectivity index (χ2n) is 3.48. The number of carbonyl (C=O) groups is 1. The molecule has 0 amide bonds. The molecule has 80 valence electrons. The summed E-state index contributed by atoms with van der Waals surface area (Å²) in [5, 5.41) is 0.322. The van der Waals surface area contributed by atoms with Crippen LogP contribution in [0.1, 0.15) is 19.8 Å². The van der Waals surface area contributed by atoms with Crippen molar-refractivity contribution in [1.82, 2.24) is 0 Å². The van der Waals surface area contributed by atoms with Crippen molar-refractivity contribution in [3.63, 3.8) is 0 Å². The van der Waals surface area contributed by atoms with Gasteiger partial charge < -0.3 is 0 Å². The molecule has 1 nitrogen and oxygen atoms in total. The van der Waals surface area contributed by atoms with Crippen molar-refractivity contribution in [1.29, 1.82) is 0 Å². The van der Waals surface area contributed by atoms with E-state index in [-0.39, 0.29) is 5.78 Å². The molecule has 0 aliphatic carbocycles. The Morgan fingerprint density at radius 3 is 2.67 bits per heavy atom. The maximum atomic E-state index is 11.1. The number of ketones is 1. The first-order valence-electron chi connectivity index (χ1n) is 5.04. The molecule has 0 heterocycles. The van der Waals surface area contributed by atoms with Crippen LogP contribution in [0.2, 0.25) is 0 Å². The summed E-state index contributed by atoms with van der Waals surface area (Å²) in [6.07, 6.45) is 3.37. The molecule has 1 atom stereocenters. The smallest absolute Gasteiger partial charge is 0.130 e. The maximum Gasteiger partial charge on any atom is 0.130 e. The first kappa shape index (κ1) is 12.1. The van der Waals surface area contributed by atoms with Crippen LogP contribution in [0.3, 0.4) is 0 Å². The van der Waals surface area contributed by atoms with Crippen molar-refractivity contribution in [2.75, 3.05) is 0 Å². The van der Waals surface area contributed by atoms with E-state index in [2.05, 4.69) is 18.7 Å². The average Bonchev–Trinajstić information content (AvgIpc) is 2.18. The SMILES string of the molecule is C=CCC(CC(C)=O)Sc1ccccc1. The lowest BCUT2D eigenvalue weighted by Crippen LogP contribution is -2.06. The van der Waals surface area contributed by atoms with E-state index < -0.39 is 0 Å². The van der Waals surface area contributed by atoms with E-state index in [1.807, 2.05) is 24.3 Å². The van der Waals surface area contributed by atoms with Crippen LogP contribution in [0.5, 0.6) is 0 Å². The maximum absolute atomic E-state index is 11.1. The van der Waals surface area contributed by atoms with E-state index in [9.17, 15) is 4.79 Å². The highest BCUT2D eigenvalue weighted by molar-refractivity contribution is 8.00. The fraction of sp³-hybridized carbons (Fsp3) is 0.308. The molecule has 1 unspecified atom stereocenters. The third-order valence-corrected chi connectivity index (χ3v) is 3.23. The molecule has 2 heteroatoms. The van der Waals surface area contributed by atoms with Crippen LogP contribution in [0.4, 0.5) is 0 Å². The van der Waals surface area contributed by atoms with Gasteiger partial charge in [0.15, 0.2) is 0 Å². The summed E-state index contributed by atoms with van der Waals surface area (Å²) in [7, 11) is 0. The Kier molecular flexibility index (Phi) is 5.19. The van der Waals surface area contributed by atoms with Crippen molar-refractivity contribution in [3.05, 3.63) is 43.0 Å². The summed E-state index contributed by atoms with van der Waals surface area (Å²) < 4.78 is 0. The Bertz CT molecular complexity index is 319. The molecule has 1 rings (SSSR count). The summed E-state index contributed by atoms with van der Waals surface area (Å²) in [5.41, 5.74) is 0. The molecular weight excluding hydrogens is 204 g/mol. The molecule has 0 aromatic heterocycles. The Morgan fingerprint density at radius 2 is 2.13 bits per heavy atom. The summed E-state index contributed by atoms with van der Waals surface area (Å²) in [5.74, 6) is 0.241. The quantitative estimate of drug-likeness (QED) is 0.537. The zero-order valence-electron chi connectivity index (χ0n) is 8.98. The van der Waals surface area contributed by atoms with Crippen molar-refractivity contribution in [2.24, 2.45) is 0 Å². The number of Topliss-reactive ketones (excluding diaryl/α,β-unsaturated/α-hetero) is 1. The van der Waals surface area contributed by atoms with E-state index in [1.54, 1.807) is 18.7 Å². The van der Waals surface area contributed by atoms with Crippen LogP contribution in [0.15, 0.2) is 47.9 Å². The van der Waals surface area contributed by atoms with E-state index in [4.69, 9.17) is 0 Å². The minimum Gasteiger partial charge on any atom is -0.300 e. The zero-order valence-corrected chi connectivity index (χ0v) is 9.80. The lowest BCUT2D eigenvalue weighted by Gasteiger charge is -2.12. The van der Waals surface area contributed by atoms with Crippen LogP contribution in [-0.4, -0.2) is 11.0 Å². The largest absolute Gasteiger partial charge is 0.300 e. The third-order valence-electron chi connectivity index (χ3n) is 1.99. The standard InChI is InChI=1S/C13H16OS/c1-3-7-13(10-11(2)14)15-12-8-5-4-6-9-12/h3-6,8-9,13H,1,7,10H2,2H3. The molecule has 0 aliphatic heterocycles. The van der Waals surface area contributed by atoms with E-state index >= 15 is 0 Å². The third kappa shape index (κ3) is 4.84. The van der Waals surface area contributed by atoms with E-state index in [0.29, 0.717) is 11.7 Å². The van der Waals surface area contributed by atoms with Gasteiger partial charge in [-0.1, -0.05) is 24.3 Å². The van der Waals surface area contributed by atoms with Crippen molar-refractivity contribution in [2.45, 2.75) is 29.9 Å². The monoisotopic (exact) mass is 220 g/mol. The Labute approximate surface area is 95.6 Å². The molecule has 0 N–H and O–H groups in total. The van der Waals surface area contributed by atoms with Gasteiger partial charge in [-0.15, -0.1) is 18.3 Å². The Morgan fingerprint density at radius 1 is 1.47 bits per heavy atom. The number of carbonyl (C=O) groups excluding carboxylic acids is 1. The van der Waals surface area contributed by atoms with Gasteiger partial charge in [-0.3, -0.25) is 4.79 Å². The van der Waals surface area contributed by atoms with E-state index in [1.165, 1.54) is 4.90 Å². The highest BCUT2D eigenvalue weighted by Crippen LogP contribution is 2.27. The Hall–Kier alpha value is -1.02. The highest BCUT2D eigenvalue weighted by atomic mass is 32.2. The molecule has 1 aromatic rings. The van der Waals surface area contributed by atoms with Crippen LogP contribution in [0, 0.1) is 0 Å². The van der Waals surface area contributed by atoms with Crippen LogP contribution < -0.4 is 0 Å². The molecular formula is C13H16OS. The van der Waals surface area contributed by atoms with Gasteiger partial charge in [0.2, 0.25) is 0 Å². The number of benzene rings is 1. The molecule has 0 bridgehead atoms. The van der Waals surface area contributed by atoms with Gasteiger partial charge in [0.1, 0.15) is 5.78 Å². The van der Waals surface area contributed by atoms with Gasteiger partial charge in [0.25, 0.3) is 0 Å². The first-order chi connectivity index (χ1) is 7.22. The van der Waals surface area contributed by atoms with Crippen molar-refractivity contribution < 1.29 is 4.79 Å². The van der Waals surface area contributed by atoms with Crippen LogP contribution >= 0.6 is 11.8 Å². The van der Waals surface area contributed by atoms with Crippen LogP contribution in [-0.2, 0) is 4.79 Å². The van der Waals surface area contributed by atoms with E-state index in [0.717, 1.165) is 6.42 Å². The number of allylic oxidation sites excluding steroid dienone is 1. The predicted octanol–water partition coefficient (Wildman–Crippen LogP) is 3.70. The minimum absolute atomic E-state index is 0.241. The van der Waals surface area contributed by atoms with Gasteiger partial charge in [-0.05, 0) is 25.5 Å². The summed E-state index contributed by atoms with van der Waals surface area (Å²) >= 11 is 1.75. The van der Waals surface area contributed by atoms with Gasteiger partial charge in [-0.2, -0.15) is 0 Å². The molecule has 15 heavy (non-hydrogen) atoms. The number of thioether (sulfide) groups is 1. The summed E-state index contributed by atoms with van der Waals surface area (Å²) in [6.45, 7) is 5.37. The fourth-order valence-electron chi connectivity index (χ4n) is 1.37. The lowest BCUT2D eigenvalue weighted by molar-refractivity contribution is -0.116. The second-order valence-corrected chi connectivity index (χ2v) is 4.86. The molecule has 0 aliphatic rings. The lowest BCUT2D eigenvalue weighted by atomic mass is 10.2. The molecule has 0 spiro atoms. The van der Waals surface area contributed by atoms with Gasteiger partial charge in [0, 0.05) is 16.6 Å². The summed E-state index contributed by atoms with van der Waals surface area (Å²) in [6, 6.07) is 10.2. The summed E-state index contributed by atoms with van der Waals surface area (Å²) in [4.78, 5) is 12.3. The topological polar surface area (TPSA) is 17.1 Å². The second kappa shape index (κ2) is 6.46. The normalized spacial score (nSPS) is 12.1. The molecule has 0 saturated heterocycles. The first-order valence-corrected chi connectivity index (χ1v) is 5.92. The predicted molar refractivity (Wildman–Crippen MR) is 66.2 cm³/mol.